The quantitative estimate of drug-likeness (QED) is 0.523. The fourth-order valence-electron chi connectivity index (χ4n) is 4.07. The number of fused-ring (bicyclic) bond motifs is 1. The Morgan fingerprint density at radius 1 is 1.15 bits per heavy atom. The van der Waals surface area contributed by atoms with Crippen LogP contribution in [0.3, 0.4) is 0 Å². The molecule has 0 spiro atoms. The van der Waals surface area contributed by atoms with Crippen molar-refractivity contribution >= 4 is 28.8 Å². The van der Waals surface area contributed by atoms with Gasteiger partial charge in [0.25, 0.3) is 0 Å². The molecule has 2 aliphatic heterocycles. The lowest BCUT2D eigenvalue weighted by Crippen LogP contribution is -2.38. The fraction of sp³-hybridized carbons (Fsp3) is 0.269. The topological polar surface area (TPSA) is 62.2 Å². The van der Waals surface area contributed by atoms with Crippen LogP contribution in [0.1, 0.15) is 37.4 Å². The largest absolute Gasteiger partial charge is 0.463 e. The summed E-state index contributed by atoms with van der Waals surface area (Å²) in [5, 5.41) is 2.45. The van der Waals surface area contributed by atoms with Gasteiger partial charge in [-0.3, -0.25) is 4.79 Å². The Labute approximate surface area is 202 Å². The summed E-state index contributed by atoms with van der Waals surface area (Å²) in [6, 6.07) is 15.3. The zero-order chi connectivity index (χ0) is 24.2. The van der Waals surface area contributed by atoms with Gasteiger partial charge in [-0.25, -0.2) is 14.2 Å². The SMILES string of the molecule is CCOC(=O)C1=C(C)N=C2SC=C(CC(=O)N(C)Cc3ccccc3)N2[C@@H]1c1ccccc1F. The summed E-state index contributed by atoms with van der Waals surface area (Å²) in [5.74, 6) is -1.07. The van der Waals surface area contributed by atoms with E-state index in [1.165, 1.54) is 17.8 Å². The lowest BCUT2D eigenvalue weighted by molar-refractivity contribution is -0.139. The molecule has 0 saturated heterocycles. The molecule has 0 unspecified atom stereocenters. The van der Waals surface area contributed by atoms with Gasteiger partial charge >= 0.3 is 5.97 Å². The van der Waals surface area contributed by atoms with Crippen molar-refractivity contribution < 1.29 is 18.7 Å². The predicted octanol–water partition coefficient (Wildman–Crippen LogP) is 5.01. The van der Waals surface area contributed by atoms with Crippen molar-refractivity contribution in [1.29, 1.82) is 0 Å². The van der Waals surface area contributed by atoms with Crippen molar-refractivity contribution in [2.75, 3.05) is 13.7 Å². The molecule has 0 fully saturated rings. The molecule has 0 aromatic heterocycles. The normalized spacial score (nSPS) is 17.2. The van der Waals surface area contributed by atoms with Crippen LogP contribution in [0.5, 0.6) is 0 Å². The maximum atomic E-state index is 15.0. The number of rotatable bonds is 7. The van der Waals surface area contributed by atoms with Crippen LogP contribution >= 0.6 is 11.8 Å². The van der Waals surface area contributed by atoms with Crippen molar-refractivity contribution in [3.8, 4) is 0 Å². The van der Waals surface area contributed by atoms with E-state index in [0.29, 0.717) is 28.7 Å². The Bertz CT molecular complexity index is 1190. The molecule has 2 aliphatic rings. The average molecular weight is 480 g/mol. The number of amides is 1. The van der Waals surface area contributed by atoms with Crippen LogP contribution in [0.15, 0.2) is 82.0 Å². The highest BCUT2D eigenvalue weighted by Gasteiger charge is 2.42. The van der Waals surface area contributed by atoms with Gasteiger partial charge in [0.15, 0.2) is 5.17 Å². The van der Waals surface area contributed by atoms with Gasteiger partial charge < -0.3 is 14.5 Å². The van der Waals surface area contributed by atoms with Crippen LogP contribution in [0, 0.1) is 5.82 Å². The highest BCUT2D eigenvalue weighted by atomic mass is 32.2. The summed E-state index contributed by atoms with van der Waals surface area (Å²) in [6.07, 6.45) is 0.0927. The summed E-state index contributed by atoms with van der Waals surface area (Å²) in [4.78, 5) is 34.1. The van der Waals surface area contributed by atoms with Crippen LogP contribution < -0.4 is 0 Å². The average Bonchev–Trinajstić information content (AvgIpc) is 3.21. The molecule has 0 saturated carbocycles. The zero-order valence-corrected chi connectivity index (χ0v) is 20.1. The molecule has 2 aromatic rings. The van der Waals surface area contributed by atoms with Gasteiger partial charge in [0.1, 0.15) is 5.82 Å². The number of aliphatic imine (C=N–C) groups is 1. The maximum Gasteiger partial charge on any atom is 0.338 e. The summed E-state index contributed by atoms with van der Waals surface area (Å²) >= 11 is 1.36. The lowest BCUT2D eigenvalue weighted by atomic mass is 9.93. The maximum absolute atomic E-state index is 15.0. The second-order valence-electron chi connectivity index (χ2n) is 8.05. The van der Waals surface area contributed by atoms with Crippen LogP contribution in [-0.2, 0) is 20.9 Å². The number of ether oxygens (including phenoxy) is 1. The van der Waals surface area contributed by atoms with Crippen molar-refractivity contribution in [2.24, 2.45) is 4.99 Å². The Balaban J connectivity index is 1.65. The van der Waals surface area contributed by atoms with E-state index in [4.69, 9.17) is 4.74 Å². The Morgan fingerprint density at radius 2 is 1.85 bits per heavy atom. The van der Waals surface area contributed by atoms with Gasteiger partial charge in [-0.2, -0.15) is 0 Å². The molecule has 176 valence electrons. The van der Waals surface area contributed by atoms with Crippen LogP contribution in [-0.4, -0.2) is 40.5 Å². The molecular formula is C26H26FN3O3S. The summed E-state index contributed by atoms with van der Waals surface area (Å²) in [5.41, 5.74) is 2.77. The molecule has 0 bridgehead atoms. The number of hydrogen-bond acceptors (Lipinski definition) is 6. The van der Waals surface area contributed by atoms with E-state index in [2.05, 4.69) is 4.99 Å². The minimum absolute atomic E-state index is 0.0896. The van der Waals surface area contributed by atoms with Crippen LogP contribution in [0.25, 0.3) is 0 Å². The molecule has 2 aromatic carbocycles. The number of nitrogens with zero attached hydrogens (tertiary/aromatic N) is 3. The van der Waals surface area contributed by atoms with E-state index >= 15 is 0 Å². The second-order valence-corrected chi connectivity index (χ2v) is 8.88. The van der Waals surface area contributed by atoms with E-state index in [0.717, 1.165) is 5.56 Å². The van der Waals surface area contributed by atoms with Gasteiger partial charge in [-0.05, 0) is 30.9 Å². The molecule has 4 rings (SSSR count). The first-order valence-corrected chi connectivity index (χ1v) is 11.9. The van der Waals surface area contributed by atoms with Gasteiger partial charge in [-0.15, -0.1) is 0 Å². The number of amidine groups is 1. The lowest BCUT2D eigenvalue weighted by Gasteiger charge is -2.36. The highest BCUT2D eigenvalue weighted by Crippen LogP contribution is 2.45. The number of thioether (sulfide) groups is 1. The molecular weight excluding hydrogens is 453 g/mol. The van der Waals surface area contributed by atoms with E-state index in [-0.39, 0.29) is 24.5 Å². The third kappa shape index (κ3) is 4.77. The fourth-order valence-corrected chi connectivity index (χ4v) is 5.03. The number of hydrogen-bond donors (Lipinski definition) is 0. The minimum atomic E-state index is -0.777. The third-order valence-corrected chi connectivity index (χ3v) is 6.61. The molecule has 2 heterocycles. The number of carbonyl (C=O) groups is 2. The molecule has 34 heavy (non-hydrogen) atoms. The number of benzene rings is 2. The Kier molecular flexibility index (Phi) is 7.17. The van der Waals surface area contributed by atoms with Gasteiger partial charge in [-0.1, -0.05) is 60.3 Å². The van der Waals surface area contributed by atoms with Gasteiger partial charge in [0.05, 0.1) is 30.3 Å². The molecule has 1 amide bonds. The van der Waals surface area contributed by atoms with E-state index < -0.39 is 17.8 Å². The number of allylic oxidation sites excluding steroid dienone is 1. The van der Waals surface area contributed by atoms with Crippen molar-refractivity contribution in [2.45, 2.75) is 32.9 Å². The smallest absolute Gasteiger partial charge is 0.338 e. The summed E-state index contributed by atoms with van der Waals surface area (Å²) in [7, 11) is 1.76. The number of carbonyl (C=O) groups excluding carboxylic acids is 2. The first-order chi connectivity index (χ1) is 16.4. The third-order valence-electron chi connectivity index (χ3n) is 5.72. The molecule has 1 atom stereocenters. The predicted molar refractivity (Wildman–Crippen MR) is 131 cm³/mol. The Morgan fingerprint density at radius 3 is 2.56 bits per heavy atom. The zero-order valence-electron chi connectivity index (χ0n) is 19.3. The summed E-state index contributed by atoms with van der Waals surface area (Å²) < 4.78 is 20.3. The van der Waals surface area contributed by atoms with E-state index in [1.807, 2.05) is 35.7 Å². The van der Waals surface area contributed by atoms with Crippen molar-refractivity contribution in [1.82, 2.24) is 9.80 Å². The van der Waals surface area contributed by atoms with E-state index in [1.54, 1.807) is 48.9 Å². The van der Waals surface area contributed by atoms with Crippen LogP contribution in [0.2, 0.25) is 0 Å². The molecule has 0 radical (unpaired) electrons. The van der Waals surface area contributed by atoms with Crippen molar-refractivity contribution in [3.63, 3.8) is 0 Å². The number of halogens is 1. The number of esters is 1. The highest BCUT2D eigenvalue weighted by molar-refractivity contribution is 8.16. The van der Waals surface area contributed by atoms with Crippen LogP contribution in [0.4, 0.5) is 4.39 Å². The first-order valence-electron chi connectivity index (χ1n) is 11.0. The molecule has 8 heteroatoms. The molecule has 6 nitrogen and oxygen atoms in total. The standard InChI is InChI=1S/C26H26FN3O3S/c1-4-33-25(32)23-17(2)28-26-30(24(23)20-12-8-9-13-21(20)27)19(16-34-26)14-22(31)29(3)15-18-10-6-5-7-11-18/h5-13,16,24H,4,14-15H2,1-3H3/t24-/m1/s1. The molecule has 0 aliphatic carbocycles. The minimum Gasteiger partial charge on any atom is -0.463 e. The van der Waals surface area contributed by atoms with Gasteiger partial charge in [0.2, 0.25) is 5.91 Å². The first kappa shape index (κ1) is 23.8. The molecule has 0 N–H and O–H groups in total. The Hall–Kier alpha value is -3.39. The second kappa shape index (κ2) is 10.3. The summed E-state index contributed by atoms with van der Waals surface area (Å²) in [6.45, 7) is 4.12. The van der Waals surface area contributed by atoms with Crippen molar-refractivity contribution in [3.05, 3.63) is 93.9 Å². The monoisotopic (exact) mass is 479 g/mol. The van der Waals surface area contributed by atoms with Gasteiger partial charge in [0, 0.05) is 24.9 Å². The van der Waals surface area contributed by atoms with E-state index in [9.17, 15) is 14.0 Å².